The van der Waals surface area contributed by atoms with E-state index in [4.69, 9.17) is 10.5 Å². The SMILES string of the molecule is CCCC[C@@H](CCO)Nc1nc(N)ncc1OCc1cccnn1.S. The fourth-order valence-electron chi connectivity index (χ4n) is 2.24. The number of nitrogen functional groups attached to an aromatic ring is 1. The lowest BCUT2D eigenvalue weighted by molar-refractivity contribution is 0.275. The molecule has 1 atom stereocenters. The van der Waals surface area contributed by atoms with Crippen molar-refractivity contribution in [2.75, 3.05) is 17.7 Å². The molecule has 0 aliphatic heterocycles. The lowest BCUT2D eigenvalue weighted by atomic mass is 10.1. The molecule has 0 spiro atoms. The van der Waals surface area contributed by atoms with Crippen LogP contribution in [0.4, 0.5) is 11.8 Å². The summed E-state index contributed by atoms with van der Waals surface area (Å²) in [5.41, 5.74) is 6.40. The molecule has 0 radical (unpaired) electrons. The van der Waals surface area contributed by atoms with Crippen molar-refractivity contribution in [3.63, 3.8) is 0 Å². The summed E-state index contributed by atoms with van der Waals surface area (Å²) in [5.74, 6) is 1.19. The second-order valence-electron chi connectivity index (χ2n) is 5.44. The number of hydrogen-bond donors (Lipinski definition) is 3. The molecule has 0 saturated heterocycles. The minimum absolute atomic E-state index is 0. The van der Waals surface area contributed by atoms with Crippen molar-refractivity contribution in [2.24, 2.45) is 0 Å². The zero-order valence-electron chi connectivity index (χ0n) is 14.4. The third-order valence-electron chi connectivity index (χ3n) is 3.50. The van der Waals surface area contributed by atoms with Crippen LogP contribution in [-0.4, -0.2) is 37.9 Å². The van der Waals surface area contributed by atoms with Crippen molar-refractivity contribution in [2.45, 2.75) is 45.3 Å². The molecule has 0 aromatic carbocycles. The van der Waals surface area contributed by atoms with Crippen LogP contribution in [0.2, 0.25) is 0 Å². The number of unbranched alkanes of at least 4 members (excludes halogenated alkanes) is 1. The maximum Gasteiger partial charge on any atom is 0.222 e. The van der Waals surface area contributed by atoms with Gasteiger partial charge < -0.3 is 20.9 Å². The van der Waals surface area contributed by atoms with Gasteiger partial charge in [0.1, 0.15) is 12.3 Å². The Labute approximate surface area is 154 Å². The Morgan fingerprint density at radius 3 is 2.88 bits per heavy atom. The van der Waals surface area contributed by atoms with E-state index >= 15 is 0 Å². The monoisotopic (exact) mass is 366 g/mol. The number of aliphatic hydroxyl groups is 1. The van der Waals surface area contributed by atoms with E-state index in [2.05, 4.69) is 32.4 Å². The Balaban J connectivity index is 0.00000312. The predicted molar refractivity (Wildman–Crippen MR) is 102 cm³/mol. The summed E-state index contributed by atoms with van der Waals surface area (Å²) in [5, 5.41) is 20.3. The number of anilines is 2. The number of nitrogens with one attached hydrogen (secondary N) is 1. The van der Waals surface area contributed by atoms with E-state index in [-0.39, 0.29) is 38.7 Å². The molecule has 2 rings (SSSR count). The van der Waals surface area contributed by atoms with Gasteiger partial charge in [-0.25, -0.2) is 4.98 Å². The lowest BCUT2D eigenvalue weighted by Crippen LogP contribution is -2.22. The largest absolute Gasteiger partial charge is 0.482 e. The van der Waals surface area contributed by atoms with Crippen LogP contribution < -0.4 is 15.8 Å². The summed E-state index contributed by atoms with van der Waals surface area (Å²) in [6.45, 7) is 2.50. The molecular formula is C16H26N6O2S. The molecule has 2 aromatic heterocycles. The summed E-state index contributed by atoms with van der Waals surface area (Å²) >= 11 is 0. The Hall–Kier alpha value is -2.13. The summed E-state index contributed by atoms with van der Waals surface area (Å²) in [6.07, 6.45) is 6.87. The number of nitrogens with two attached hydrogens (primary N) is 1. The molecular weight excluding hydrogens is 340 g/mol. The van der Waals surface area contributed by atoms with Crippen LogP contribution in [0.25, 0.3) is 0 Å². The maximum absolute atomic E-state index is 9.25. The van der Waals surface area contributed by atoms with Gasteiger partial charge in [0.05, 0.1) is 6.20 Å². The van der Waals surface area contributed by atoms with Gasteiger partial charge in [0.2, 0.25) is 5.95 Å². The standard InChI is InChI=1S/C16H24N6O2.H2S/c1-2-3-5-12(7-9-23)20-15-14(10-18-16(17)21-15)24-11-13-6-4-8-19-22-13;/h4,6,8,10,12,23H,2-3,5,7,9,11H2,1H3,(H3,17,18,20,21);1H2/t12-;/m0./s1. The van der Waals surface area contributed by atoms with E-state index in [1.807, 2.05) is 6.07 Å². The van der Waals surface area contributed by atoms with Gasteiger partial charge in [0.15, 0.2) is 11.6 Å². The Kier molecular flexibility index (Phi) is 9.56. The number of nitrogens with zero attached hydrogens (tertiary/aromatic N) is 4. The molecule has 2 aromatic rings. The highest BCUT2D eigenvalue weighted by Crippen LogP contribution is 2.24. The van der Waals surface area contributed by atoms with Gasteiger partial charge in [-0.05, 0) is 25.0 Å². The minimum Gasteiger partial charge on any atom is -0.482 e. The van der Waals surface area contributed by atoms with Gasteiger partial charge in [0.25, 0.3) is 0 Å². The first-order valence-corrected chi connectivity index (χ1v) is 8.12. The zero-order chi connectivity index (χ0) is 17.2. The fraction of sp³-hybridized carbons (Fsp3) is 0.500. The Bertz CT molecular complexity index is 617. The summed E-state index contributed by atoms with van der Waals surface area (Å²) in [7, 11) is 0. The van der Waals surface area contributed by atoms with E-state index < -0.39 is 0 Å². The van der Waals surface area contributed by atoms with Crippen LogP contribution in [0.3, 0.4) is 0 Å². The average Bonchev–Trinajstić information content (AvgIpc) is 2.60. The quantitative estimate of drug-likeness (QED) is 0.583. The van der Waals surface area contributed by atoms with Gasteiger partial charge in [-0.2, -0.15) is 28.7 Å². The normalized spacial score (nSPS) is 11.4. The number of aromatic nitrogens is 4. The predicted octanol–water partition coefficient (Wildman–Crippen LogP) is 1.89. The van der Waals surface area contributed by atoms with Crippen molar-refractivity contribution >= 4 is 25.3 Å². The minimum atomic E-state index is 0. The van der Waals surface area contributed by atoms with Crippen LogP contribution in [0, 0.1) is 0 Å². The molecule has 8 nitrogen and oxygen atoms in total. The summed E-state index contributed by atoms with van der Waals surface area (Å²) in [4.78, 5) is 8.21. The molecule has 0 unspecified atom stereocenters. The molecule has 9 heteroatoms. The number of rotatable bonds is 10. The third kappa shape index (κ3) is 7.10. The van der Waals surface area contributed by atoms with Crippen LogP contribution in [-0.2, 0) is 6.61 Å². The molecule has 25 heavy (non-hydrogen) atoms. The highest BCUT2D eigenvalue weighted by molar-refractivity contribution is 7.59. The van der Waals surface area contributed by atoms with E-state index in [0.717, 1.165) is 19.3 Å². The van der Waals surface area contributed by atoms with Crippen molar-refractivity contribution < 1.29 is 9.84 Å². The van der Waals surface area contributed by atoms with Gasteiger partial charge >= 0.3 is 0 Å². The van der Waals surface area contributed by atoms with Gasteiger partial charge in [-0.3, -0.25) is 0 Å². The number of hydrogen-bond acceptors (Lipinski definition) is 8. The topological polar surface area (TPSA) is 119 Å². The van der Waals surface area contributed by atoms with Crippen LogP contribution in [0.5, 0.6) is 5.75 Å². The molecule has 0 fully saturated rings. The molecule has 0 amide bonds. The summed E-state index contributed by atoms with van der Waals surface area (Å²) in [6, 6.07) is 3.73. The Morgan fingerprint density at radius 1 is 1.36 bits per heavy atom. The zero-order valence-corrected chi connectivity index (χ0v) is 15.4. The second kappa shape index (κ2) is 11.4. The first-order chi connectivity index (χ1) is 11.7. The molecule has 0 saturated carbocycles. The van der Waals surface area contributed by atoms with Crippen LogP contribution in [0.15, 0.2) is 24.5 Å². The van der Waals surface area contributed by atoms with Crippen molar-refractivity contribution in [1.82, 2.24) is 20.2 Å². The third-order valence-corrected chi connectivity index (χ3v) is 3.50. The van der Waals surface area contributed by atoms with Crippen molar-refractivity contribution in [1.29, 1.82) is 0 Å². The average molecular weight is 366 g/mol. The molecule has 0 aliphatic carbocycles. The molecule has 0 aliphatic rings. The van der Waals surface area contributed by atoms with Gasteiger partial charge in [-0.15, -0.1) is 0 Å². The highest BCUT2D eigenvalue weighted by atomic mass is 32.1. The molecule has 2 heterocycles. The maximum atomic E-state index is 9.25. The molecule has 138 valence electrons. The van der Waals surface area contributed by atoms with Crippen molar-refractivity contribution in [3.8, 4) is 5.75 Å². The van der Waals surface area contributed by atoms with Crippen molar-refractivity contribution in [3.05, 3.63) is 30.2 Å². The molecule has 4 N–H and O–H groups in total. The fourth-order valence-corrected chi connectivity index (χ4v) is 2.24. The van der Waals surface area contributed by atoms with Gasteiger partial charge in [0, 0.05) is 18.8 Å². The van der Waals surface area contributed by atoms with E-state index in [1.54, 1.807) is 12.3 Å². The first-order valence-electron chi connectivity index (χ1n) is 8.12. The molecule has 0 bridgehead atoms. The second-order valence-corrected chi connectivity index (χ2v) is 5.44. The smallest absolute Gasteiger partial charge is 0.222 e. The van der Waals surface area contributed by atoms with E-state index in [1.165, 1.54) is 6.20 Å². The first kappa shape index (κ1) is 20.9. The van der Waals surface area contributed by atoms with E-state index in [0.29, 0.717) is 23.7 Å². The number of aliphatic hydroxyl groups excluding tert-OH is 1. The van der Waals surface area contributed by atoms with Crippen LogP contribution in [0.1, 0.15) is 38.3 Å². The summed E-state index contributed by atoms with van der Waals surface area (Å²) < 4.78 is 5.75. The van der Waals surface area contributed by atoms with Gasteiger partial charge in [-0.1, -0.05) is 19.8 Å². The highest BCUT2D eigenvalue weighted by Gasteiger charge is 2.14. The van der Waals surface area contributed by atoms with E-state index in [9.17, 15) is 5.11 Å². The number of ether oxygens (including phenoxy) is 1. The van der Waals surface area contributed by atoms with Crippen LogP contribution >= 0.6 is 13.5 Å². The lowest BCUT2D eigenvalue weighted by Gasteiger charge is -2.20. The Morgan fingerprint density at radius 2 is 2.20 bits per heavy atom.